The molecule has 0 radical (unpaired) electrons. The van der Waals surface area contributed by atoms with Crippen LogP contribution in [0, 0.1) is 11.3 Å². The van der Waals surface area contributed by atoms with Crippen LogP contribution in [0.1, 0.15) is 81.7 Å². The lowest BCUT2D eigenvalue weighted by molar-refractivity contribution is -0.242. The lowest BCUT2D eigenvalue weighted by atomic mass is 9.46. The van der Waals surface area contributed by atoms with E-state index in [0.717, 1.165) is 85.4 Å². The van der Waals surface area contributed by atoms with Crippen LogP contribution in [-0.2, 0) is 45.8 Å². The Bertz CT molecular complexity index is 2220. The van der Waals surface area contributed by atoms with E-state index in [1.54, 1.807) is 7.11 Å². The molecule has 3 aromatic rings. The van der Waals surface area contributed by atoms with Crippen LogP contribution in [0.25, 0.3) is 10.9 Å². The van der Waals surface area contributed by atoms with Crippen molar-refractivity contribution in [3.63, 3.8) is 0 Å². The molecule has 0 amide bonds. The number of benzene rings is 2. The van der Waals surface area contributed by atoms with Gasteiger partial charge >= 0.3 is 17.9 Å². The Hall–Kier alpha value is -4.10. The molecule has 6 aliphatic rings. The summed E-state index contributed by atoms with van der Waals surface area (Å²) in [5, 5.41) is 14.4. The van der Waals surface area contributed by atoms with Crippen molar-refractivity contribution >= 4 is 46.9 Å². The quantitative estimate of drug-likeness (QED) is 0.179. The van der Waals surface area contributed by atoms with Crippen LogP contribution in [0.3, 0.4) is 0 Å². The molecule has 2 saturated heterocycles. The van der Waals surface area contributed by atoms with E-state index in [-0.39, 0.29) is 30.3 Å². The Morgan fingerprint density at radius 3 is 2.42 bits per heavy atom. The second kappa shape index (κ2) is 14.8. The van der Waals surface area contributed by atoms with E-state index in [2.05, 4.69) is 52.9 Å². The minimum absolute atomic E-state index is 0. The van der Waals surface area contributed by atoms with Crippen LogP contribution in [0.2, 0.25) is 0 Å². The van der Waals surface area contributed by atoms with Crippen LogP contribution in [0.4, 0.5) is 5.69 Å². The number of ether oxygens (including phenoxy) is 4. The first-order chi connectivity index (χ1) is 27.9. The Morgan fingerprint density at radius 2 is 1.73 bits per heavy atom. The number of methoxy groups -OCH3 is 3. The molecule has 5 aliphatic heterocycles. The summed E-state index contributed by atoms with van der Waals surface area (Å²) in [5.41, 5.74) is 1.51. The lowest BCUT2D eigenvalue weighted by Crippen LogP contribution is -2.82. The minimum atomic E-state index is -2.23. The number of anilines is 1. The summed E-state index contributed by atoms with van der Waals surface area (Å²) < 4.78 is 24.1. The highest BCUT2D eigenvalue weighted by molar-refractivity contribution is 5.95. The number of H-pyrrole nitrogens is 1. The third-order valence-corrected chi connectivity index (χ3v) is 15.5. The zero-order valence-corrected chi connectivity index (χ0v) is 36.2. The van der Waals surface area contributed by atoms with Gasteiger partial charge in [0.2, 0.25) is 5.60 Å². The van der Waals surface area contributed by atoms with Gasteiger partial charge < -0.3 is 33.9 Å². The number of aliphatic hydroxyl groups is 1. The SMILES string of the molecule is CCC1=CC2CN(CCc3c([nH]c4ccccc34)C(C(=O)OC)(c3cc4c(cc3OC)N(C)C3C(O)(C(=O)OC)C(OC(C)=O)C5(CC)CCCN6CCC43C65)C2)C1.Cl. The van der Waals surface area contributed by atoms with Crippen LogP contribution in [0.15, 0.2) is 48.0 Å². The van der Waals surface area contributed by atoms with E-state index >= 15 is 4.79 Å². The van der Waals surface area contributed by atoms with Gasteiger partial charge in [-0.1, -0.05) is 43.7 Å². The average Bonchev–Trinajstić information content (AvgIpc) is 3.89. The van der Waals surface area contributed by atoms with Crippen molar-refractivity contribution in [1.29, 1.82) is 0 Å². The number of carbonyl (C=O) groups is 3. The molecule has 9 unspecified atom stereocenters. The number of aromatic amines is 1. The van der Waals surface area contributed by atoms with Crippen molar-refractivity contribution in [2.24, 2.45) is 11.3 Å². The Labute approximate surface area is 352 Å². The van der Waals surface area contributed by atoms with Gasteiger partial charge in [-0.3, -0.25) is 19.4 Å². The fourth-order valence-electron chi connectivity index (χ4n) is 13.5. The number of nitrogens with zero attached hydrogens (tertiary/aromatic N) is 3. The van der Waals surface area contributed by atoms with Crippen molar-refractivity contribution in [3.05, 3.63) is 70.4 Å². The topological polar surface area (TPSA) is 134 Å². The molecule has 59 heavy (non-hydrogen) atoms. The van der Waals surface area contributed by atoms with E-state index in [0.29, 0.717) is 37.0 Å². The van der Waals surface area contributed by atoms with Gasteiger partial charge in [0.1, 0.15) is 11.2 Å². The van der Waals surface area contributed by atoms with Crippen LogP contribution < -0.4 is 9.64 Å². The zero-order valence-electron chi connectivity index (χ0n) is 35.4. The predicted octanol–water partition coefficient (Wildman–Crippen LogP) is 5.44. The first-order valence-corrected chi connectivity index (χ1v) is 21.2. The lowest BCUT2D eigenvalue weighted by Gasteiger charge is -2.65. The monoisotopic (exact) mass is 830 g/mol. The van der Waals surface area contributed by atoms with Gasteiger partial charge in [0.15, 0.2) is 6.10 Å². The number of fused-ring (bicyclic) bond motifs is 6. The van der Waals surface area contributed by atoms with E-state index in [1.807, 2.05) is 30.1 Å². The van der Waals surface area contributed by atoms with Gasteiger partial charge in [0, 0.05) is 84.4 Å². The summed E-state index contributed by atoms with van der Waals surface area (Å²) in [6, 6.07) is 11.4. The number of nitrogens with one attached hydrogen (secondary N) is 1. The Morgan fingerprint density at radius 1 is 0.966 bits per heavy atom. The molecule has 9 rings (SSSR count). The fourth-order valence-corrected chi connectivity index (χ4v) is 13.5. The Balaban J connectivity index is 0.00000484. The molecule has 318 valence electrons. The van der Waals surface area contributed by atoms with Crippen molar-refractivity contribution in [1.82, 2.24) is 14.8 Å². The van der Waals surface area contributed by atoms with E-state index in [1.165, 1.54) is 26.7 Å². The molecule has 12 nitrogen and oxygen atoms in total. The molecule has 6 heterocycles. The summed E-state index contributed by atoms with van der Waals surface area (Å²) in [7, 11) is 6.30. The second-order valence-corrected chi connectivity index (χ2v) is 17.9. The molecule has 2 aromatic carbocycles. The highest BCUT2D eigenvalue weighted by Crippen LogP contribution is 2.69. The zero-order chi connectivity index (χ0) is 40.9. The maximum Gasteiger partial charge on any atom is 0.344 e. The molecule has 2 N–H and O–H groups in total. The number of hydrogen-bond donors (Lipinski definition) is 2. The first kappa shape index (κ1) is 41.6. The Kier molecular flexibility index (Phi) is 10.5. The van der Waals surface area contributed by atoms with E-state index < -0.39 is 45.9 Å². The summed E-state index contributed by atoms with van der Waals surface area (Å²) in [6.07, 6.45) is 6.03. The number of halogens is 1. The normalized spacial score (nSPS) is 34.4. The van der Waals surface area contributed by atoms with Gasteiger partial charge in [0.05, 0.1) is 27.4 Å². The third-order valence-electron chi connectivity index (χ3n) is 15.5. The number of hydrogen-bond acceptors (Lipinski definition) is 11. The first-order valence-electron chi connectivity index (χ1n) is 21.2. The number of para-hydroxylation sites is 1. The molecular weight excluding hydrogens is 772 g/mol. The number of aromatic nitrogens is 1. The molecule has 1 spiro atoms. The van der Waals surface area contributed by atoms with Gasteiger partial charge in [-0.15, -0.1) is 12.4 Å². The van der Waals surface area contributed by atoms with E-state index in [4.69, 9.17) is 18.9 Å². The number of likely N-dealkylation sites (N-methyl/N-ethyl adjacent to an activating group) is 1. The maximum atomic E-state index is 15.3. The van der Waals surface area contributed by atoms with Crippen molar-refractivity contribution in [2.45, 2.75) is 100 Å². The fraction of sp³-hybridized carbons (Fsp3) is 0.587. The van der Waals surface area contributed by atoms with Gasteiger partial charge in [-0.25, -0.2) is 4.79 Å². The average molecular weight is 831 g/mol. The standard InChI is InChI=1S/C46H58N4O8.ClH/c1-8-28-21-29-24-45(41(52)56-6,37-31(15-19-49(25-28)26-29)30-13-10-11-14-34(30)47-37)33-22-32-35(23-36(33)55-5)48(4)39-44(32)17-20-50-18-12-16-43(9-2,38(44)50)40(58-27(3)51)46(39,54)42(53)57-7;/h10-11,13-14,21-23,29,38-40,47,54H,8-9,12,15-20,24-26H2,1-7H3;1H. The molecule has 2 bridgehead atoms. The summed E-state index contributed by atoms with van der Waals surface area (Å²) in [4.78, 5) is 53.5. The molecule has 9 atom stereocenters. The highest BCUT2D eigenvalue weighted by atomic mass is 35.5. The molecule has 3 fully saturated rings. The van der Waals surface area contributed by atoms with Crippen molar-refractivity contribution in [2.75, 3.05) is 66.0 Å². The van der Waals surface area contributed by atoms with Crippen LogP contribution in [-0.4, -0.2) is 123 Å². The summed E-state index contributed by atoms with van der Waals surface area (Å²) in [5.74, 6) is -1.21. The molecule has 1 aliphatic carbocycles. The van der Waals surface area contributed by atoms with E-state index in [9.17, 15) is 14.7 Å². The van der Waals surface area contributed by atoms with Gasteiger partial charge in [0.25, 0.3) is 0 Å². The van der Waals surface area contributed by atoms with Crippen molar-refractivity contribution in [3.8, 4) is 5.75 Å². The van der Waals surface area contributed by atoms with Crippen molar-refractivity contribution < 1.29 is 38.4 Å². The largest absolute Gasteiger partial charge is 0.496 e. The third kappa shape index (κ3) is 5.47. The molecule has 1 aromatic heterocycles. The predicted molar refractivity (Wildman–Crippen MR) is 226 cm³/mol. The molecule has 1 saturated carbocycles. The second-order valence-electron chi connectivity index (χ2n) is 17.9. The number of carbonyl (C=O) groups excluding carboxylic acids is 3. The number of rotatable bonds is 7. The summed E-state index contributed by atoms with van der Waals surface area (Å²) in [6.45, 7) is 9.77. The van der Waals surface area contributed by atoms with Gasteiger partial charge in [-0.05, 0) is 87.2 Å². The van der Waals surface area contributed by atoms with Crippen LogP contribution in [0.5, 0.6) is 5.75 Å². The number of piperidine rings is 1. The van der Waals surface area contributed by atoms with Gasteiger partial charge in [-0.2, -0.15) is 0 Å². The molecule has 13 heteroatoms. The summed E-state index contributed by atoms with van der Waals surface area (Å²) >= 11 is 0. The minimum Gasteiger partial charge on any atom is -0.496 e. The molecular formula is C46H59ClN4O8. The smallest absolute Gasteiger partial charge is 0.344 e. The van der Waals surface area contributed by atoms with Crippen LogP contribution >= 0.6 is 12.4 Å². The number of esters is 3. The maximum absolute atomic E-state index is 15.3. The highest BCUT2D eigenvalue weighted by Gasteiger charge is 2.80.